The third-order valence-corrected chi connectivity index (χ3v) is 2.86. The maximum Gasteiger partial charge on any atom is 0.187 e. The number of rotatable bonds is 7. The Morgan fingerprint density at radius 3 is 2.67 bits per heavy atom. The average Bonchev–Trinajstić information content (AvgIpc) is 2.24. The van der Waals surface area contributed by atoms with Crippen LogP contribution in [0.4, 0.5) is 0 Å². The molecule has 0 aliphatic carbocycles. The second-order valence-electron chi connectivity index (χ2n) is 3.70. The van der Waals surface area contributed by atoms with E-state index in [1.165, 1.54) is 12.8 Å². The van der Waals surface area contributed by atoms with Crippen molar-refractivity contribution < 1.29 is 0 Å². The largest absolute Gasteiger partial charge is 0.315 e. The van der Waals surface area contributed by atoms with Gasteiger partial charge in [-0.05, 0) is 25.5 Å². The number of hydrogen-bond acceptors (Lipinski definition) is 4. The van der Waals surface area contributed by atoms with Crippen molar-refractivity contribution >= 4 is 11.8 Å². The van der Waals surface area contributed by atoms with Gasteiger partial charge in [0.25, 0.3) is 0 Å². The number of thioether (sulfide) groups is 1. The lowest BCUT2D eigenvalue weighted by molar-refractivity contribution is 0.567. The first kappa shape index (κ1) is 12.5. The number of nitrogens with zero attached hydrogens (tertiary/aromatic N) is 2. The molecule has 0 fully saturated rings. The second kappa shape index (κ2) is 7.65. The highest BCUT2D eigenvalue weighted by Gasteiger charge is 1.96. The fourth-order valence-corrected chi connectivity index (χ4v) is 1.94. The fourth-order valence-electron chi connectivity index (χ4n) is 1.14. The molecule has 1 rings (SSSR count). The molecule has 84 valence electrons. The smallest absolute Gasteiger partial charge is 0.187 e. The normalized spacial score (nSPS) is 10.9. The Labute approximate surface area is 96.1 Å². The third kappa shape index (κ3) is 6.47. The molecule has 0 aromatic carbocycles. The van der Waals surface area contributed by atoms with Gasteiger partial charge in [0, 0.05) is 24.2 Å². The van der Waals surface area contributed by atoms with Crippen molar-refractivity contribution in [1.29, 1.82) is 0 Å². The molecule has 0 saturated heterocycles. The highest BCUT2D eigenvalue weighted by molar-refractivity contribution is 7.99. The molecule has 1 heterocycles. The Bertz CT molecular complexity index is 251. The van der Waals surface area contributed by atoms with Crippen LogP contribution in [0.15, 0.2) is 23.6 Å². The van der Waals surface area contributed by atoms with E-state index in [1.807, 2.05) is 6.07 Å². The molecule has 0 saturated carbocycles. The lowest BCUT2D eigenvalue weighted by Crippen LogP contribution is -2.23. The van der Waals surface area contributed by atoms with E-state index < -0.39 is 0 Å². The molecule has 0 bridgehead atoms. The van der Waals surface area contributed by atoms with Crippen LogP contribution in [-0.4, -0.2) is 28.3 Å². The summed E-state index contributed by atoms with van der Waals surface area (Å²) in [6, 6.07) is 2.44. The van der Waals surface area contributed by atoms with Crippen LogP contribution in [0.25, 0.3) is 0 Å². The van der Waals surface area contributed by atoms with Crippen LogP contribution in [0.2, 0.25) is 0 Å². The summed E-state index contributed by atoms with van der Waals surface area (Å²) in [5.41, 5.74) is 0. The standard InChI is InChI=1S/C11H19N3S/c1-10(2)12-6-3-4-9-15-11-13-7-5-8-14-11/h5,7-8,10,12H,3-4,6,9H2,1-2H3. The molecular weight excluding hydrogens is 206 g/mol. The lowest BCUT2D eigenvalue weighted by atomic mass is 10.3. The predicted molar refractivity (Wildman–Crippen MR) is 65.1 cm³/mol. The van der Waals surface area contributed by atoms with Gasteiger partial charge >= 0.3 is 0 Å². The van der Waals surface area contributed by atoms with Crippen LogP contribution in [0.3, 0.4) is 0 Å². The van der Waals surface area contributed by atoms with Gasteiger partial charge in [0.05, 0.1) is 0 Å². The summed E-state index contributed by atoms with van der Waals surface area (Å²) in [7, 11) is 0. The van der Waals surface area contributed by atoms with Crippen molar-refractivity contribution in [3.05, 3.63) is 18.5 Å². The van der Waals surface area contributed by atoms with Crippen molar-refractivity contribution in [2.45, 2.75) is 37.9 Å². The molecule has 3 nitrogen and oxygen atoms in total. The van der Waals surface area contributed by atoms with Crippen LogP contribution in [0.1, 0.15) is 26.7 Å². The molecule has 1 N–H and O–H groups in total. The minimum Gasteiger partial charge on any atom is -0.315 e. The molecule has 1 aromatic rings. The quantitative estimate of drug-likeness (QED) is 0.439. The van der Waals surface area contributed by atoms with E-state index >= 15 is 0 Å². The first-order valence-electron chi connectivity index (χ1n) is 5.42. The molecule has 0 atom stereocenters. The van der Waals surface area contributed by atoms with Gasteiger partial charge in [0.15, 0.2) is 5.16 Å². The monoisotopic (exact) mass is 225 g/mol. The topological polar surface area (TPSA) is 37.8 Å². The second-order valence-corrected chi connectivity index (χ2v) is 4.76. The van der Waals surface area contributed by atoms with Crippen molar-refractivity contribution in [1.82, 2.24) is 15.3 Å². The van der Waals surface area contributed by atoms with E-state index in [4.69, 9.17) is 0 Å². The van der Waals surface area contributed by atoms with Crippen molar-refractivity contribution in [3.8, 4) is 0 Å². The Morgan fingerprint density at radius 1 is 1.27 bits per heavy atom. The van der Waals surface area contributed by atoms with Crippen LogP contribution in [-0.2, 0) is 0 Å². The molecule has 0 aliphatic rings. The Balaban J connectivity index is 1.98. The first-order valence-corrected chi connectivity index (χ1v) is 6.41. The van der Waals surface area contributed by atoms with Gasteiger partial charge in [-0.15, -0.1) is 0 Å². The number of nitrogens with one attached hydrogen (secondary N) is 1. The van der Waals surface area contributed by atoms with Gasteiger partial charge in [-0.3, -0.25) is 0 Å². The Kier molecular flexibility index (Phi) is 6.36. The number of hydrogen-bond donors (Lipinski definition) is 1. The molecule has 0 radical (unpaired) electrons. The summed E-state index contributed by atoms with van der Waals surface area (Å²) in [5, 5.41) is 4.29. The van der Waals surface area contributed by atoms with Gasteiger partial charge in [0.2, 0.25) is 0 Å². The number of aromatic nitrogens is 2. The van der Waals surface area contributed by atoms with E-state index in [1.54, 1.807) is 24.2 Å². The van der Waals surface area contributed by atoms with Crippen molar-refractivity contribution in [3.63, 3.8) is 0 Å². The molecule has 4 heteroatoms. The highest BCUT2D eigenvalue weighted by atomic mass is 32.2. The number of unbranched alkanes of at least 4 members (excludes halogenated alkanes) is 1. The summed E-state index contributed by atoms with van der Waals surface area (Å²) >= 11 is 1.73. The average molecular weight is 225 g/mol. The van der Waals surface area contributed by atoms with Gasteiger partial charge in [-0.1, -0.05) is 25.6 Å². The van der Waals surface area contributed by atoms with Crippen LogP contribution >= 0.6 is 11.8 Å². The molecule has 0 spiro atoms. The maximum atomic E-state index is 4.16. The van der Waals surface area contributed by atoms with E-state index in [2.05, 4.69) is 29.1 Å². The van der Waals surface area contributed by atoms with Gasteiger partial charge < -0.3 is 5.32 Å². The summed E-state index contributed by atoms with van der Waals surface area (Å²) in [6.07, 6.45) is 6.01. The summed E-state index contributed by atoms with van der Waals surface area (Å²) in [6.45, 7) is 5.45. The Hall–Kier alpha value is -0.610. The summed E-state index contributed by atoms with van der Waals surface area (Å²) in [5.74, 6) is 1.10. The van der Waals surface area contributed by atoms with Gasteiger partial charge in [-0.2, -0.15) is 0 Å². The molecule has 0 aliphatic heterocycles. The minimum absolute atomic E-state index is 0.593. The Morgan fingerprint density at radius 2 is 2.00 bits per heavy atom. The van der Waals surface area contributed by atoms with Crippen LogP contribution in [0.5, 0.6) is 0 Å². The van der Waals surface area contributed by atoms with Crippen LogP contribution in [0, 0.1) is 0 Å². The molecule has 15 heavy (non-hydrogen) atoms. The maximum absolute atomic E-state index is 4.16. The third-order valence-electron chi connectivity index (χ3n) is 1.90. The van der Waals surface area contributed by atoms with E-state index in [0.29, 0.717) is 6.04 Å². The lowest BCUT2D eigenvalue weighted by Gasteiger charge is -2.06. The predicted octanol–water partition coefficient (Wildman–Crippen LogP) is 2.35. The zero-order chi connectivity index (χ0) is 10.9. The zero-order valence-corrected chi connectivity index (χ0v) is 10.3. The first-order chi connectivity index (χ1) is 7.29. The zero-order valence-electron chi connectivity index (χ0n) is 9.44. The highest BCUT2D eigenvalue weighted by Crippen LogP contribution is 2.12. The molecule has 0 amide bonds. The molecule has 1 aromatic heterocycles. The van der Waals surface area contributed by atoms with Crippen molar-refractivity contribution in [2.75, 3.05) is 12.3 Å². The molecular formula is C11H19N3S. The minimum atomic E-state index is 0.593. The summed E-state index contributed by atoms with van der Waals surface area (Å²) in [4.78, 5) is 8.32. The van der Waals surface area contributed by atoms with Gasteiger partial charge in [-0.25, -0.2) is 9.97 Å². The SMILES string of the molecule is CC(C)NCCCCSc1ncccn1. The van der Waals surface area contributed by atoms with E-state index in [9.17, 15) is 0 Å². The van der Waals surface area contributed by atoms with Crippen molar-refractivity contribution in [2.24, 2.45) is 0 Å². The summed E-state index contributed by atoms with van der Waals surface area (Å²) < 4.78 is 0. The van der Waals surface area contributed by atoms with Crippen LogP contribution < -0.4 is 5.32 Å². The van der Waals surface area contributed by atoms with E-state index in [0.717, 1.165) is 17.5 Å². The fraction of sp³-hybridized carbons (Fsp3) is 0.636. The van der Waals surface area contributed by atoms with Gasteiger partial charge in [0.1, 0.15) is 0 Å². The molecule has 0 unspecified atom stereocenters. The van der Waals surface area contributed by atoms with E-state index in [-0.39, 0.29) is 0 Å².